The van der Waals surface area contributed by atoms with Gasteiger partial charge in [0.2, 0.25) is 5.91 Å². The maximum Gasteiger partial charge on any atom is 0.416 e. The molecule has 1 N–H and O–H groups in total. The van der Waals surface area contributed by atoms with Crippen molar-refractivity contribution in [2.45, 2.75) is 6.18 Å². The highest BCUT2D eigenvalue weighted by molar-refractivity contribution is 5.96. The number of morpholine rings is 1. The molecule has 0 radical (unpaired) electrons. The number of benzene rings is 2. The van der Waals surface area contributed by atoms with Gasteiger partial charge < -0.3 is 15.0 Å². The normalized spacial score (nSPS) is 14.6. The van der Waals surface area contributed by atoms with Crippen LogP contribution in [0.3, 0.4) is 0 Å². The molecule has 1 saturated heterocycles. The maximum absolute atomic E-state index is 12.8. The molecule has 0 unspecified atom stereocenters. The van der Waals surface area contributed by atoms with E-state index >= 15 is 0 Å². The molecule has 1 aliphatic rings. The molecule has 0 spiro atoms. The molecule has 1 heterocycles. The average Bonchev–Trinajstić information content (AvgIpc) is 2.72. The van der Waals surface area contributed by atoms with E-state index in [1.165, 1.54) is 18.2 Å². The Hall–Kier alpha value is -2.87. The molecule has 8 heteroatoms. The molecule has 28 heavy (non-hydrogen) atoms. The van der Waals surface area contributed by atoms with Crippen LogP contribution < -0.4 is 5.32 Å². The minimum Gasteiger partial charge on any atom is -0.378 e. The summed E-state index contributed by atoms with van der Waals surface area (Å²) in [6.45, 7) is 1.85. The number of carbonyl (C=O) groups excluding carboxylic acids is 2. The monoisotopic (exact) mass is 392 g/mol. The van der Waals surface area contributed by atoms with Gasteiger partial charge in [-0.1, -0.05) is 24.3 Å². The maximum atomic E-state index is 12.8. The zero-order valence-electron chi connectivity index (χ0n) is 15.0. The summed E-state index contributed by atoms with van der Waals surface area (Å²) in [4.78, 5) is 25.9. The fourth-order valence-electron chi connectivity index (χ4n) is 2.87. The van der Waals surface area contributed by atoms with Gasteiger partial charge in [0.25, 0.3) is 5.91 Å². The van der Waals surface area contributed by atoms with Crippen LogP contribution in [0.15, 0.2) is 48.5 Å². The molecular weight excluding hydrogens is 373 g/mol. The van der Waals surface area contributed by atoms with E-state index in [0.717, 1.165) is 12.1 Å². The van der Waals surface area contributed by atoms with Crippen LogP contribution in [0.4, 0.5) is 13.2 Å². The van der Waals surface area contributed by atoms with Crippen LogP contribution in [0.2, 0.25) is 0 Å². The molecule has 0 aromatic heterocycles. The van der Waals surface area contributed by atoms with E-state index in [4.69, 9.17) is 4.74 Å². The Bertz CT molecular complexity index is 845. The lowest BCUT2D eigenvalue weighted by Gasteiger charge is -2.26. The van der Waals surface area contributed by atoms with E-state index in [2.05, 4.69) is 5.32 Å². The van der Waals surface area contributed by atoms with Crippen LogP contribution in [0, 0.1) is 0 Å². The van der Waals surface area contributed by atoms with Gasteiger partial charge >= 0.3 is 6.18 Å². The van der Waals surface area contributed by atoms with Gasteiger partial charge in [0.1, 0.15) is 0 Å². The summed E-state index contributed by atoms with van der Waals surface area (Å²) in [5, 5.41) is 2.56. The van der Waals surface area contributed by atoms with Crippen LogP contribution in [-0.2, 0) is 15.7 Å². The van der Waals surface area contributed by atoms with Gasteiger partial charge in [-0.25, -0.2) is 0 Å². The quantitative estimate of drug-likeness (QED) is 0.871. The zero-order chi connectivity index (χ0) is 20.1. The van der Waals surface area contributed by atoms with E-state index in [-0.39, 0.29) is 12.5 Å². The molecule has 0 saturated carbocycles. The number of alkyl halides is 3. The average molecular weight is 392 g/mol. The third kappa shape index (κ3) is 4.89. The van der Waals surface area contributed by atoms with Crippen molar-refractivity contribution in [3.63, 3.8) is 0 Å². The summed E-state index contributed by atoms with van der Waals surface area (Å²) in [6, 6.07) is 11.2. The first kappa shape index (κ1) is 19.9. The fraction of sp³-hybridized carbons (Fsp3) is 0.300. The van der Waals surface area contributed by atoms with Crippen molar-refractivity contribution in [1.29, 1.82) is 0 Å². The second-order valence-corrected chi connectivity index (χ2v) is 6.33. The van der Waals surface area contributed by atoms with Crippen LogP contribution in [-0.4, -0.2) is 49.6 Å². The van der Waals surface area contributed by atoms with E-state index < -0.39 is 17.6 Å². The number of nitrogens with one attached hydrogen (secondary N) is 1. The number of nitrogens with zero attached hydrogens (tertiary/aromatic N) is 1. The Labute approximate surface area is 160 Å². The molecule has 0 aliphatic carbocycles. The first-order valence-corrected chi connectivity index (χ1v) is 8.76. The first-order chi connectivity index (χ1) is 13.3. The lowest BCUT2D eigenvalue weighted by molar-refractivity contribution is -0.137. The van der Waals surface area contributed by atoms with Crippen LogP contribution >= 0.6 is 0 Å². The van der Waals surface area contributed by atoms with Crippen molar-refractivity contribution < 1.29 is 27.5 Å². The number of hydrogen-bond donors (Lipinski definition) is 1. The van der Waals surface area contributed by atoms with Crippen molar-refractivity contribution >= 4 is 11.8 Å². The van der Waals surface area contributed by atoms with Crippen LogP contribution in [0.25, 0.3) is 11.1 Å². The third-order valence-electron chi connectivity index (χ3n) is 4.43. The van der Waals surface area contributed by atoms with Gasteiger partial charge in [0, 0.05) is 18.7 Å². The molecule has 1 fully saturated rings. The Morgan fingerprint density at radius 3 is 2.32 bits per heavy atom. The van der Waals surface area contributed by atoms with Gasteiger partial charge in [-0.05, 0) is 35.4 Å². The van der Waals surface area contributed by atoms with Gasteiger partial charge in [-0.15, -0.1) is 0 Å². The van der Waals surface area contributed by atoms with Crippen molar-refractivity contribution in [3.05, 3.63) is 59.7 Å². The molecule has 2 aromatic carbocycles. The topological polar surface area (TPSA) is 58.6 Å². The summed E-state index contributed by atoms with van der Waals surface area (Å²) in [5.74, 6) is -0.602. The summed E-state index contributed by atoms with van der Waals surface area (Å²) in [5.41, 5.74) is 0.565. The van der Waals surface area contributed by atoms with E-state index in [9.17, 15) is 22.8 Å². The first-order valence-electron chi connectivity index (χ1n) is 8.76. The highest BCUT2D eigenvalue weighted by Crippen LogP contribution is 2.32. The molecule has 3 rings (SSSR count). The van der Waals surface area contributed by atoms with Gasteiger partial charge in [-0.3, -0.25) is 9.59 Å². The number of carbonyl (C=O) groups is 2. The summed E-state index contributed by atoms with van der Waals surface area (Å²) in [7, 11) is 0. The van der Waals surface area contributed by atoms with Crippen molar-refractivity contribution in [2.75, 3.05) is 32.8 Å². The highest BCUT2D eigenvalue weighted by Gasteiger charge is 2.30. The molecular formula is C20H19F3N2O3. The van der Waals surface area contributed by atoms with Gasteiger partial charge in [-0.2, -0.15) is 13.2 Å². The number of halogens is 3. The van der Waals surface area contributed by atoms with E-state index in [1.54, 1.807) is 23.1 Å². The SMILES string of the molecule is O=C(NCC(=O)N1CCOCC1)c1ccc(-c2cccc(C(F)(F)F)c2)cc1. The van der Waals surface area contributed by atoms with Crippen LogP contribution in [0.1, 0.15) is 15.9 Å². The predicted molar refractivity (Wildman–Crippen MR) is 96.6 cm³/mol. The van der Waals surface area contributed by atoms with Crippen molar-refractivity contribution in [1.82, 2.24) is 10.2 Å². The molecule has 5 nitrogen and oxygen atoms in total. The second-order valence-electron chi connectivity index (χ2n) is 6.33. The minimum absolute atomic E-state index is 0.117. The molecule has 1 aliphatic heterocycles. The molecule has 0 bridgehead atoms. The number of rotatable bonds is 4. The van der Waals surface area contributed by atoms with E-state index in [0.29, 0.717) is 43.0 Å². The smallest absolute Gasteiger partial charge is 0.378 e. The summed E-state index contributed by atoms with van der Waals surface area (Å²) >= 11 is 0. The second kappa shape index (κ2) is 8.43. The van der Waals surface area contributed by atoms with E-state index in [1.807, 2.05) is 0 Å². The van der Waals surface area contributed by atoms with Crippen molar-refractivity contribution in [3.8, 4) is 11.1 Å². The van der Waals surface area contributed by atoms with Crippen molar-refractivity contribution in [2.24, 2.45) is 0 Å². The highest BCUT2D eigenvalue weighted by atomic mass is 19.4. The molecule has 148 valence electrons. The predicted octanol–water partition coefficient (Wildman–Crippen LogP) is 2.96. The Morgan fingerprint density at radius 2 is 1.68 bits per heavy atom. The zero-order valence-corrected chi connectivity index (χ0v) is 15.0. The Morgan fingerprint density at radius 1 is 1.00 bits per heavy atom. The lowest BCUT2D eigenvalue weighted by Crippen LogP contribution is -2.45. The number of amides is 2. The standard InChI is InChI=1S/C20H19F3N2O3/c21-20(22,23)17-3-1-2-16(12-17)14-4-6-15(7-5-14)19(27)24-13-18(26)25-8-10-28-11-9-25/h1-7,12H,8-11,13H2,(H,24,27). The van der Waals surface area contributed by atoms with Crippen LogP contribution in [0.5, 0.6) is 0 Å². The molecule has 2 amide bonds. The number of hydrogen-bond acceptors (Lipinski definition) is 3. The summed E-state index contributed by atoms with van der Waals surface area (Å²) in [6.07, 6.45) is -4.41. The minimum atomic E-state index is -4.41. The largest absolute Gasteiger partial charge is 0.416 e. The Balaban J connectivity index is 1.62. The number of ether oxygens (including phenoxy) is 1. The fourth-order valence-corrected chi connectivity index (χ4v) is 2.87. The Kier molecular flexibility index (Phi) is 5.99. The van der Waals surface area contributed by atoms with Gasteiger partial charge in [0.05, 0.1) is 25.3 Å². The summed E-state index contributed by atoms with van der Waals surface area (Å²) < 4.78 is 43.7. The third-order valence-corrected chi connectivity index (χ3v) is 4.43. The molecule has 0 atom stereocenters. The lowest BCUT2D eigenvalue weighted by atomic mass is 10.0. The van der Waals surface area contributed by atoms with Gasteiger partial charge in [0.15, 0.2) is 0 Å². The molecule has 2 aromatic rings.